The van der Waals surface area contributed by atoms with Gasteiger partial charge in [-0.15, -0.1) is 0 Å². The van der Waals surface area contributed by atoms with Gasteiger partial charge in [0.1, 0.15) is 42.7 Å². The van der Waals surface area contributed by atoms with Crippen LogP contribution in [0.1, 0.15) is 106 Å². The van der Waals surface area contributed by atoms with Crippen molar-refractivity contribution in [2.45, 2.75) is 192 Å². The molecule has 0 radical (unpaired) electrons. The summed E-state index contributed by atoms with van der Waals surface area (Å²) >= 11 is 0. The Kier molecular flexibility index (Phi) is 11.1. The van der Waals surface area contributed by atoms with Crippen LogP contribution in [0.3, 0.4) is 0 Å². The van der Waals surface area contributed by atoms with E-state index in [1.54, 1.807) is 13.8 Å². The van der Waals surface area contributed by atoms with E-state index in [2.05, 4.69) is 34.6 Å². The van der Waals surface area contributed by atoms with E-state index in [0.717, 1.165) is 25.7 Å². The third-order valence-electron chi connectivity index (χ3n) is 17.3. The highest BCUT2D eigenvalue weighted by Crippen LogP contribution is 2.89. The lowest BCUT2D eigenvalue weighted by molar-refractivity contribution is -0.338. The van der Waals surface area contributed by atoms with Crippen LogP contribution in [-0.4, -0.2) is 150 Å². The molecule has 318 valence electrons. The molecule has 2 saturated heterocycles. The zero-order valence-corrected chi connectivity index (χ0v) is 33.7. The molecule has 10 N–H and O–H groups in total. The van der Waals surface area contributed by atoms with Gasteiger partial charge in [-0.2, -0.15) is 0 Å². The molecule has 0 bridgehead atoms. The van der Waals surface area contributed by atoms with Gasteiger partial charge in [0.05, 0.1) is 43.2 Å². The molecule has 2 spiro atoms. The number of aliphatic hydroxyl groups excluding tert-OH is 9. The van der Waals surface area contributed by atoms with E-state index in [4.69, 9.17) is 18.9 Å². The third-order valence-corrected chi connectivity index (χ3v) is 17.3. The van der Waals surface area contributed by atoms with Crippen LogP contribution in [0, 0.1) is 50.7 Å². The molecule has 2 heterocycles. The van der Waals surface area contributed by atoms with Crippen molar-refractivity contribution in [3.05, 3.63) is 0 Å². The molecule has 5 aliphatic carbocycles. The second-order valence-corrected chi connectivity index (χ2v) is 20.7. The van der Waals surface area contributed by atoms with Gasteiger partial charge in [-0.3, -0.25) is 0 Å². The van der Waals surface area contributed by atoms with Gasteiger partial charge >= 0.3 is 0 Å². The molecule has 7 fully saturated rings. The van der Waals surface area contributed by atoms with Crippen LogP contribution in [0.25, 0.3) is 0 Å². The normalized spacial score (nSPS) is 54.4. The summed E-state index contributed by atoms with van der Waals surface area (Å²) in [5.41, 5.74) is -2.64. The summed E-state index contributed by atoms with van der Waals surface area (Å²) in [5.74, 6) is 0.0163. The number of aliphatic hydroxyl groups is 10. The van der Waals surface area contributed by atoms with Crippen molar-refractivity contribution in [2.75, 3.05) is 13.2 Å². The molecular weight excluding hydrogens is 716 g/mol. The number of ether oxygens (including phenoxy) is 4. The maximum absolute atomic E-state index is 12.0. The second kappa shape index (κ2) is 14.3. The van der Waals surface area contributed by atoms with Crippen LogP contribution < -0.4 is 0 Å². The summed E-state index contributed by atoms with van der Waals surface area (Å²) in [6.07, 6.45) is -8.32. The van der Waals surface area contributed by atoms with E-state index in [1.165, 1.54) is 0 Å². The molecule has 2 aliphatic heterocycles. The summed E-state index contributed by atoms with van der Waals surface area (Å²) < 4.78 is 25.1. The van der Waals surface area contributed by atoms with Crippen molar-refractivity contribution in [1.29, 1.82) is 0 Å². The number of hydrogen-bond donors (Lipinski definition) is 10. The number of fused-ring (bicyclic) bond motifs is 2. The molecular formula is C41H70O14. The highest BCUT2D eigenvalue weighted by Gasteiger charge is 2.84. The number of rotatable bonds is 10. The summed E-state index contributed by atoms with van der Waals surface area (Å²) in [4.78, 5) is 0. The van der Waals surface area contributed by atoms with Crippen LogP contribution in [0.4, 0.5) is 0 Å². The maximum atomic E-state index is 12.0. The Morgan fingerprint density at radius 1 is 0.782 bits per heavy atom. The minimum absolute atomic E-state index is 0.0301. The molecule has 0 aromatic carbocycles. The van der Waals surface area contributed by atoms with Crippen molar-refractivity contribution in [1.82, 2.24) is 0 Å². The minimum atomic E-state index is -1.60. The first-order valence-electron chi connectivity index (χ1n) is 20.9. The average molecular weight is 787 g/mol. The van der Waals surface area contributed by atoms with Crippen LogP contribution >= 0.6 is 0 Å². The smallest absolute Gasteiger partial charge is 0.186 e. The van der Waals surface area contributed by atoms with Crippen molar-refractivity contribution >= 4 is 0 Å². The fourth-order valence-corrected chi connectivity index (χ4v) is 14.2. The fraction of sp³-hybridized carbons (Fsp3) is 1.00. The van der Waals surface area contributed by atoms with Gasteiger partial charge in [0.2, 0.25) is 0 Å². The summed E-state index contributed by atoms with van der Waals surface area (Å²) in [6, 6.07) is 0. The van der Waals surface area contributed by atoms with Crippen molar-refractivity contribution < 1.29 is 70.0 Å². The molecule has 14 heteroatoms. The lowest BCUT2D eigenvalue weighted by Gasteiger charge is -2.65. The standard InChI is InChI=1S/C41H70O14/c1-19(8-9-25(45)37(4,5)51)27-20(43)15-39(7)24-14-22(53-35-32(50)30(48)29(47)23(16-42)54-35)33-36(2,3)26(55-34-31(49)28(46)21(44)17-52-34)10-11-41(33)18-40(24,41)13-12-38(27,39)6/h19-35,42-51H,8-18H2,1-7H3/t19-,20+,21-,22+,23-,24+,25+,26+,27+,28+,29-,30+,31-,32-,33+,34+,35-,38-,39+,40+,41-/m1/s1. The van der Waals surface area contributed by atoms with E-state index in [1.807, 2.05) is 0 Å². The Bertz CT molecular complexity index is 1390. The molecule has 0 unspecified atom stereocenters. The van der Waals surface area contributed by atoms with Crippen molar-refractivity contribution in [3.63, 3.8) is 0 Å². The summed E-state index contributed by atoms with van der Waals surface area (Å²) in [5, 5.41) is 107. The molecule has 21 atom stereocenters. The maximum Gasteiger partial charge on any atom is 0.186 e. The largest absolute Gasteiger partial charge is 0.394 e. The molecule has 0 amide bonds. The Balaban J connectivity index is 1.22. The van der Waals surface area contributed by atoms with Crippen LogP contribution in [0.5, 0.6) is 0 Å². The van der Waals surface area contributed by atoms with E-state index in [-0.39, 0.29) is 51.9 Å². The second-order valence-electron chi connectivity index (χ2n) is 20.7. The lowest BCUT2D eigenvalue weighted by atomic mass is 9.41. The monoisotopic (exact) mass is 786 g/mol. The third kappa shape index (κ3) is 6.33. The molecule has 0 aromatic rings. The molecule has 55 heavy (non-hydrogen) atoms. The molecule has 7 rings (SSSR count). The minimum Gasteiger partial charge on any atom is -0.394 e. The SMILES string of the molecule is C[C@H](CC[C@H](O)C(C)(C)O)[C@H]1[C@@H](O)C[C@@]2(C)[C@@H]3C[C@H](O[C@@H]4O[C@H](CO)[C@@H](O)[C@H](O)[C@H]4O)[C@H]4C(C)(C)[C@@H](O[C@@H]5OC[C@@H](O)[C@H](O)[C@H]5O)CC[C@@]45C[C@@]35CC[C@]12C. The van der Waals surface area contributed by atoms with Crippen molar-refractivity contribution in [3.8, 4) is 0 Å². The zero-order valence-electron chi connectivity index (χ0n) is 33.7. The lowest BCUT2D eigenvalue weighted by Crippen LogP contribution is -2.65. The first kappa shape index (κ1) is 42.6. The topological polar surface area (TPSA) is 239 Å². The van der Waals surface area contributed by atoms with Gasteiger partial charge in [-0.25, -0.2) is 0 Å². The molecule has 5 saturated carbocycles. The van der Waals surface area contributed by atoms with E-state index in [9.17, 15) is 51.1 Å². The van der Waals surface area contributed by atoms with Gasteiger partial charge in [-0.1, -0.05) is 34.6 Å². The van der Waals surface area contributed by atoms with Crippen LogP contribution in [0.15, 0.2) is 0 Å². The quantitative estimate of drug-likeness (QED) is 0.136. The summed E-state index contributed by atoms with van der Waals surface area (Å²) in [6.45, 7) is 13.5. The molecule has 14 nitrogen and oxygen atoms in total. The van der Waals surface area contributed by atoms with Gasteiger partial charge in [0, 0.05) is 0 Å². The van der Waals surface area contributed by atoms with Crippen molar-refractivity contribution in [2.24, 2.45) is 50.7 Å². The van der Waals surface area contributed by atoms with E-state index >= 15 is 0 Å². The fourth-order valence-electron chi connectivity index (χ4n) is 14.2. The molecule has 0 aromatic heterocycles. The highest BCUT2D eigenvalue weighted by molar-refractivity contribution is 5.32. The Labute approximate surface area is 325 Å². The van der Waals surface area contributed by atoms with E-state index < -0.39 is 97.3 Å². The first-order chi connectivity index (χ1) is 25.5. The Morgan fingerprint density at radius 3 is 2.11 bits per heavy atom. The zero-order chi connectivity index (χ0) is 40.4. The van der Waals surface area contributed by atoms with Crippen LogP contribution in [0.2, 0.25) is 0 Å². The predicted molar refractivity (Wildman–Crippen MR) is 196 cm³/mol. The highest BCUT2D eigenvalue weighted by atomic mass is 16.7. The average Bonchev–Trinajstić information content (AvgIpc) is 3.71. The predicted octanol–water partition coefficient (Wildman–Crippen LogP) is 0.564. The number of hydrogen-bond acceptors (Lipinski definition) is 14. The van der Waals surface area contributed by atoms with Gasteiger partial charge < -0.3 is 70.0 Å². The van der Waals surface area contributed by atoms with Crippen LogP contribution in [-0.2, 0) is 18.9 Å². The first-order valence-corrected chi connectivity index (χ1v) is 20.9. The Morgan fingerprint density at radius 2 is 1.45 bits per heavy atom. The molecule has 7 aliphatic rings. The summed E-state index contributed by atoms with van der Waals surface area (Å²) in [7, 11) is 0. The van der Waals surface area contributed by atoms with Gasteiger partial charge in [0.25, 0.3) is 0 Å². The Hall–Kier alpha value is -0.560. The van der Waals surface area contributed by atoms with E-state index in [0.29, 0.717) is 32.1 Å². The van der Waals surface area contributed by atoms with Gasteiger partial charge in [0.15, 0.2) is 12.6 Å². The van der Waals surface area contributed by atoms with Gasteiger partial charge in [-0.05, 0) is 122 Å².